The first kappa shape index (κ1) is 11.5. The SMILES string of the molecule is CNC(=O)CN1C(=O)NC(C2CC2)(C2CC2)C1=O. The molecule has 3 rings (SSSR count). The van der Waals surface area contributed by atoms with Gasteiger partial charge in [-0.1, -0.05) is 0 Å². The zero-order valence-corrected chi connectivity index (χ0v) is 10.4. The van der Waals surface area contributed by atoms with Crippen LogP contribution in [0.5, 0.6) is 0 Å². The van der Waals surface area contributed by atoms with Gasteiger partial charge >= 0.3 is 6.03 Å². The molecule has 6 nitrogen and oxygen atoms in total. The lowest BCUT2D eigenvalue weighted by molar-refractivity contribution is -0.136. The molecule has 0 atom stereocenters. The highest BCUT2D eigenvalue weighted by Gasteiger charge is 2.65. The van der Waals surface area contributed by atoms with E-state index in [1.54, 1.807) is 0 Å². The van der Waals surface area contributed by atoms with Crippen LogP contribution in [-0.2, 0) is 9.59 Å². The van der Waals surface area contributed by atoms with Crippen LogP contribution in [0, 0.1) is 11.8 Å². The van der Waals surface area contributed by atoms with Crippen LogP contribution < -0.4 is 10.6 Å². The van der Waals surface area contributed by atoms with Gasteiger partial charge in [0.25, 0.3) is 5.91 Å². The molecule has 3 aliphatic rings. The highest BCUT2D eigenvalue weighted by molar-refractivity contribution is 6.09. The van der Waals surface area contributed by atoms with Gasteiger partial charge in [0, 0.05) is 7.05 Å². The number of urea groups is 1. The van der Waals surface area contributed by atoms with Crippen molar-refractivity contribution in [2.24, 2.45) is 11.8 Å². The van der Waals surface area contributed by atoms with E-state index in [4.69, 9.17) is 0 Å². The summed E-state index contributed by atoms with van der Waals surface area (Å²) in [6.45, 7) is -0.178. The summed E-state index contributed by atoms with van der Waals surface area (Å²) in [5, 5.41) is 5.32. The molecule has 0 radical (unpaired) electrons. The summed E-state index contributed by atoms with van der Waals surface area (Å²) in [7, 11) is 1.50. The molecule has 0 aromatic carbocycles. The summed E-state index contributed by atoms with van der Waals surface area (Å²) >= 11 is 0. The van der Waals surface area contributed by atoms with Crippen molar-refractivity contribution in [3.05, 3.63) is 0 Å². The van der Waals surface area contributed by atoms with Crippen LogP contribution in [0.3, 0.4) is 0 Å². The van der Waals surface area contributed by atoms with Crippen molar-refractivity contribution < 1.29 is 14.4 Å². The molecule has 1 aliphatic heterocycles. The topological polar surface area (TPSA) is 78.5 Å². The Morgan fingerprint density at radius 2 is 1.89 bits per heavy atom. The summed E-state index contributed by atoms with van der Waals surface area (Å²) in [6.07, 6.45) is 3.99. The summed E-state index contributed by atoms with van der Waals surface area (Å²) in [4.78, 5) is 36.9. The Morgan fingerprint density at radius 3 is 2.33 bits per heavy atom. The van der Waals surface area contributed by atoms with Gasteiger partial charge in [0.15, 0.2) is 0 Å². The lowest BCUT2D eigenvalue weighted by Gasteiger charge is -2.26. The Bertz CT molecular complexity index is 414. The predicted octanol–water partition coefficient (Wildman–Crippen LogP) is -0.157. The highest BCUT2D eigenvalue weighted by Crippen LogP contribution is 2.54. The molecule has 18 heavy (non-hydrogen) atoms. The fourth-order valence-electron chi connectivity index (χ4n) is 2.94. The third kappa shape index (κ3) is 1.51. The van der Waals surface area contributed by atoms with Crippen molar-refractivity contribution in [1.29, 1.82) is 0 Å². The summed E-state index contributed by atoms with van der Waals surface area (Å²) in [5.41, 5.74) is -0.689. The van der Waals surface area contributed by atoms with Crippen molar-refractivity contribution in [2.45, 2.75) is 31.2 Å². The standard InChI is InChI=1S/C12H17N3O3/c1-13-9(16)6-15-10(17)12(7-2-3-7,8-4-5-8)14-11(15)18/h7-8H,2-6H2,1H3,(H,13,16)(H,14,18). The molecule has 1 saturated heterocycles. The number of nitrogens with zero attached hydrogens (tertiary/aromatic N) is 1. The van der Waals surface area contributed by atoms with Crippen molar-refractivity contribution >= 4 is 17.8 Å². The van der Waals surface area contributed by atoms with E-state index in [9.17, 15) is 14.4 Å². The monoisotopic (exact) mass is 251 g/mol. The smallest absolute Gasteiger partial charge is 0.325 e. The van der Waals surface area contributed by atoms with E-state index in [1.807, 2.05) is 0 Å². The lowest BCUT2D eigenvalue weighted by atomic mass is 9.87. The van der Waals surface area contributed by atoms with Gasteiger partial charge in [-0.2, -0.15) is 0 Å². The minimum absolute atomic E-state index is 0.178. The first-order valence-electron chi connectivity index (χ1n) is 6.44. The molecule has 2 saturated carbocycles. The Morgan fingerprint density at radius 1 is 1.33 bits per heavy atom. The van der Waals surface area contributed by atoms with Gasteiger partial charge in [-0.15, -0.1) is 0 Å². The van der Waals surface area contributed by atoms with Crippen LogP contribution in [0.15, 0.2) is 0 Å². The van der Waals surface area contributed by atoms with Gasteiger partial charge < -0.3 is 10.6 Å². The van der Waals surface area contributed by atoms with E-state index in [-0.39, 0.29) is 30.2 Å². The first-order chi connectivity index (χ1) is 8.59. The molecular weight excluding hydrogens is 234 g/mol. The maximum absolute atomic E-state index is 12.5. The molecule has 2 N–H and O–H groups in total. The van der Waals surface area contributed by atoms with Crippen LogP contribution in [0.25, 0.3) is 0 Å². The van der Waals surface area contributed by atoms with Gasteiger partial charge in [-0.3, -0.25) is 14.5 Å². The largest absolute Gasteiger partial charge is 0.358 e. The minimum atomic E-state index is -0.689. The molecular formula is C12H17N3O3. The minimum Gasteiger partial charge on any atom is -0.358 e. The number of hydrogen-bond acceptors (Lipinski definition) is 3. The fourth-order valence-corrected chi connectivity index (χ4v) is 2.94. The average Bonchev–Trinajstić information content (AvgIpc) is 3.23. The summed E-state index contributed by atoms with van der Waals surface area (Å²) in [6, 6.07) is -0.414. The van der Waals surface area contributed by atoms with E-state index in [1.165, 1.54) is 7.05 Å². The molecule has 4 amide bonds. The van der Waals surface area contributed by atoms with Crippen molar-refractivity contribution in [3.63, 3.8) is 0 Å². The maximum Gasteiger partial charge on any atom is 0.325 e. The number of amides is 4. The van der Waals surface area contributed by atoms with E-state index in [0.717, 1.165) is 30.6 Å². The number of rotatable bonds is 4. The van der Waals surface area contributed by atoms with Crippen LogP contribution in [0.4, 0.5) is 4.79 Å². The van der Waals surface area contributed by atoms with Crippen LogP contribution in [0.1, 0.15) is 25.7 Å². The molecule has 0 bridgehead atoms. The van der Waals surface area contributed by atoms with Gasteiger partial charge in [0.2, 0.25) is 5.91 Å². The van der Waals surface area contributed by atoms with Crippen LogP contribution >= 0.6 is 0 Å². The van der Waals surface area contributed by atoms with E-state index in [0.29, 0.717) is 0 Å². The quantitative estimate of drug-likeness (QED) is 0.682. The first-order valence-corrected chi connectivity index (χ1v) is 6.44. The van der Waals surface area contributed by atoms with Crippen molar-refractivity contribution in [1.82, 2.24) is 15.5 Å². The van der Waals surface area contributed by atoms with Crippen molar-refractivity contribution in [3.8, 4) is 0 Å². The zero-order valence-electron chi connectivity index (χ0n) is 10.4. The Kier molecular flexibility index (Phi) is 2.36. The molecule has 98 valence electrons. The number of likely N-dealkylation sites (N-methyl/N-ethyl adjacent to an activating group) is 1. The summed E-state index contributed by atoms with van der Waals surface area (Å²) < 4.78 is 0. The van der Waals surface area contributed by atoms with Crippen LogP contribution in [-0.4, -0.2) is 41.9 Å². The van der Waals surface area contributed by atoms with E-state index in [2.05, 4.69) is 10.6 Å². The molecule has 3 fully saturated rings. The third-order valence-corrected chi connectivity index (χ3v) is 4.18. The van der Waals surface area contributed by atoms with E-state index >= 15 is 0 Å². The number of imide groups is 1. The molecule has 2 aliphatic carbocycles. The van der Waals surface area contributed by atoms with Gasteiger partial charge in [0.1, 0.15) is 12.1 Å². The Labute approximate surface area is 105 Å². The molecule has 0 unspecified atom stereocenters. The second kappa shape index (κ2) is 3.70. The second-order valence-corrected chi connectivity index (χ2v) is 5.41. The van der Waals surface area contributed by atoms with Gasteiger partial charge in [-0.05, 0) is 37.5 Å². The second-order valence-electron chi connectivity index (χ2n) is 5.41. The van der Waals surface area contributed by atoms with Crippen molar-refractivity contribution in [2.75, 3.05) is 13.6 Å². The normalized spacial score (nSPS) is 26.2. The van der Waals surface area contributed by atoms with Crippen LogP contribution in [0.2, 0.25) is 0 Å². The molecule has 6 heteroatoms. The fraction of sp³-hybridized carbons (Fsp3) is 0.750. The average molecular weight is 251 g/mol. The Balaban J connectivity index is 1.84. The number of hydrogen-bond donors (Lipinski definition) is 2. The lowest BCUT2D eigenvalue weighted by Crippen LogP contribution is -2.51. The molecule has 0 aromatic rings. The maximum atomic E-state index is 12.5. The highest BCUT2D eigenvalue weighted by atomic mass is 16.2. The van der Waals surface area contributed by atoms with Gasteiger partial charge in [-0.25, -0.2) is 4.79 Å². The molecule has 0 aromatic heterocycles. The predicted molar refractivity (Wildman–Crippen MR) is 62.5 cm³/mol. The van der Waals surface area contributed by atoms with E-state index < -0.39 is 11.6 Å². The number of carbonyl (C=O) groups excluding carboxylic acids is 3. The Hall–Kier alpha value is -1.59. The third-order valence-electron chi connectivity index (χ3n) is 4.18. The summed E-state index contributed by atoms with van der Waals surface area (Å²) in [5.74, 6) is 0.0364. The van der Waals surface area contributed by atoms with Gasteiger partial charge in [0.05, 0.1) is 0 Å². The molecule has 1 heterocycles. The molecule has 0 spiro atoms. The number of carbonyl (C=O) groups is 3. The zero-order chi connectivity index (χ0) is 12.9. The number of nitrogens with one attached hydrogen (secondary N) is 2.